The number of ether oxygens (including phenoxy) is 1. The van der Waals surface area contributed by atoms with Crippen molar-refractivity contribution in [3.05, 3.63) is 0 Å². The van der Waals surface area contributed by atoms with Crippen LogP contribution in [-0.2, 0) is 19.6 Å². The molecule has 26 heavy (non-hydrogen) atoms. The third kappa shape index (κ3) is 4.36. The molecular formula is C17H28F2O6S. The van der Waals surface area contributed by atoms with Crippen LogP contribution in [0.2, 0.25) is 0 Å². The fourth-order valence-corrected chi connectivity index (χ4v) is 4.80. The molecule has 5 atom stereocenters. The van der Waals surface area contributed by atoms with Crippen LogP contribution in [-0.4, -0.2) is 41.5 Å². The summed E-state index contributed by atoms with van der Waals surface area (Å²) in [7, 11) is -5.63. The van der Waals surface area contributed by atoms with E-state index in [0.29, 0.717) is 19.3 Å². The van der Waals surface area contributed by atoms with Crippen LogP contribution in [0.15, 0.2) is 0 Å². The van der Waals surface area contributed by atoms with Crippen molar-refractivity contribution >= 4 is 16.1 Å². The van der Waals surface area contributed by atoms with E-state index in [1.165, 1.54) is 0 Å². The average molecular weight is 398 g/mol. The van der Waals surface area contributed by atoms with Gasteiger partial charge in [-0.2, -0.15) is 17.2 Å². The topological polar surface area (TPSA) is 101 Å². The fourth-order valence-electron chi connectivity index (χ4n) is 4.59. The van der Waals surface area contributed by atoms with Crippen molar-refractivity contribution in [1.29, 1.82) is 0 Å². The third-order valence-electron chi connectivity index (χ3n) is 6.08. The second kappa shape index (κ2) is 7.67. The summed E-state index contributed by atoms with van der Waals surface area (Å²) in [4.78, 5) is 12.2. The zero-order valence-corrected chi connectivity index (χ0v) is 16.0. The highest BCUT2D eigenvalue weighted by atomic mass is 32.2. The Morgan fingerprint density at radius 3 is 2.50 bits per heavy atom. The monoisotopic (exact) mass is 398 g/mol. The lowest BCUT2D eigenvalue weighted by Crippen LogP contribution is -2.52. The van der Waals surface area contributed by atoms with Crippen molar-refractivity contribution in [1.82, 2.24) is 0 Å². The standard InChI is InChI=1S/C17H28F2O6S/c1-3-4-5-16(21)11(2)6-12-7-13(9-14(16)8-12)15(20)25-10-17(18,19)26(22,23)24/h11-14,21H,3-10H2,1-2H3,(H,22,23,24). The lowest BCUT2D eigenvalue weighted by molar-refractivity contribution is -0.167. The number of carbonyl (C=O) groups is 1. The number of hydrogen-bond acceptors (Lipinski definition) is 5. The number of rotatable bonds is 7. The molecule has 5 unspecified atom stereocenters. The molecule has 2 saturated carbocycles. The minimum Gasteiger partial charge on any atom is -0.458 e. The molecule has 0 amide bonds. The molecule has 2 bridgehead atoms. The van der Waals surface area contributed by atoms with Crippen LogP contribution in [0.5, 0.6) is 0 Å². The first kappa shape index (κ1) is 21.5. The summed E-state index contributed by atoms with van der Waals surface area (Å²) in [6.45, 7) is 2.35. The van der Waals surface area contributed by atoms with Gasteiger partial charge in [0, 0.05) is 0 Å². The zero-order valence-electron chi connectivity index (χ0n) is 15.2. The maximum atomic E-state index is 13.2. The van der Waals surface area contributed by atoms with Gasteiger partial charge in [-0.25, -0.2) is 0 Å². The first-order valence-corrected chi connectivity index (χ1v) is 10.6. The Morgan fingerprint density at radius 2 is 1.92 bits per heavy atom. The van der Waals surface area contributed by atoms with Crippen LogP contribution in [0, 0.1) is 23.7 Å². The van der Waals surface area contributed by atoms with E-state index in [0.717, 1.165) is 25.7 Å². The van der Waals surface area contributed by atoms with Gasteiger partial charge in [0.15, 0.2) is 6.61 Å². The number of fused-ring (bicyclic) bond motifs is 2. The molecule has 0 aliphatic heterocycles. The highest BCUT2D eigenvalue weighted by Gasteiger charge is 2.52. The van der Waals surface area contributed by atoms with E-state index < -0.39 is 39.5 Å². The molecule has 0 aromatic carbocycles. The highest BCUT2D eigenvalue weighted by Crippen LogP contribution is 2.52. The van der Waals surface area contributed by atoms with Gasteiger partial charge in [-0.15, -0.1) is 0 Å². The molecule has 0 heterocycles. The smallest absolute Gasteiger partial charge is 0.402 e. The highest BCUT2D eigenvalue weighted by molar-refractivity contribution is 7.86. The van der Waals surface area contributed by atoms with E-state index in [1.54, 1.807) is 0 Å². The van der Waals surface area contributed by atoms with Crippen molar-refractivity contribution in [2.24, 2.45) is 23.7 Å². The zero-order chi connectivity index (χ0) is 19.8. The summed E-state index contributed by atoms with van der Waals surface area (Å²) in [6.07, 6.45) is 4.86. The van der Waals surface area contributed by atoms with Gasteiger partial charge >= 0.3 is 21.3 Å². The van der Waals surface area contributed by atoms with E-state index in [4.69, 9.17) is 4.55 Å². The first-order chi connectivity index (χ1) is 11.9. The summed E-state index contributed by atoms with van der Waals surface area (Å²) in [5, 5.41) is 6.64. The quantitative estimate of drug-likeness (QED) is 0.505. The second-order valence-corrected chi connectivity index (χ2v) is 9.47. The van der Waals surface area contributed by atoms with Gasteiger partial charge in [-0.1, -0.05) is 26.7 Å². The van der Waals surface area contributed by atoms with E-state index in [2.05, 4.69) is 4.74 Å². The van der Waals surface area contributed by atoms with E-state index in [-0.39, 0.29) is 17.8 Å². The van der Waals surface area contributed by atoms with Crippen LogP contribution in [0.4, 0.5) is 8.78 Å². The second-order valence-electron chi connectivity index (χ2n) is 7.92. The molecule has 2 N–H and O–H groups in total. The molecule has 6 nitrogen and oxygen atoms in total. The lowest BCUT2D eigenvalue weighted by Gasteiger charge is -2.52. The van der Waals surface area contributed by atoms with Crippen LogP contribution < -0.4 is 0 Å². The average Bonchev–Trinajstić information content (AvgIpc) is 2.55. The molecular weight excluding hydrogens is 370 g/mol. The van der Waals surface area contributed by atoms with Crippen LogP contribution in [0.1, 0.15) is 58.8 Å². The van der Waals surface area contributed by atoms with Gasteiger partial charge in [0.2, 0.25) is 0 Å². The van der Waals surface area contributed by atoms with Crippen molar-refractivity contribution in [2.45, 2.75) is 69.6 Å². The van der Waals surface area contributed by atoms with E-state index in [1.807, 2.05) is 13.8 Å². The van der Waals surface area contributed by atoms with Crippen LogP contribution in [0.25, 0.3) is 0 Å². The number of esters is 1. The Bertz CT molecular complexity index is 621. The lowest BCUT2D eigenvalue weighted by atomic mass is 9.56. The molecule has 0 spiro atoms. The summed E-state index contributed by atoms with van der Waals surface area (Å²) in [5.41, 5.74) is -0.871. The number of unbranched alkanes of at least 4 members (excludes halogenated alkanes) is 1. The maximum absolute atomic E-state index is 13.2. The maximum Gasteiger partial charge on any atom is 0.402 e. The van der Waals surface area contributed by atoms with E-state index in [9.17, 15) is 27.1 Å². The van der Waals surface area contributed by atoms with Crippen molar-refractivity contribution in [3.8, 4) is 0 Å². The summed E-state index contributed by atoms with van der Waals surface area (Å²) >= 11 is 0. The number of hydrogen-bond donors (Lipinski definition) is 2. The molecule has 2 fully saturated rings. The Hall–Kier alpha value is -0.800. The third-order valence-corrected chi connectivity index (χ3v) is 6.95. The molecule has 0 saturated heterocycles. The molecule has 2 aliphatic carbocycles. The summed E-state index contributed by atoms with van der Waals surface area (Å²) in [5.74, 6) is -1.31. The van der Waals surface area contributed by atoms with Crippen molar-refractivity contribution in [3.63, 3.8) is 0 Å². The van der Waals surface area contributed by atoms with Gasteiger partial charge in [0.25, 0.3) is 0 Å². The number of alkyl halides is 2. The molecule has 2 aliphatic rings. The van der Waals surface area contributed by atoms with Gasteiger partial charge in [-0.05, 0) is 49.9 Å². The van der Waals surface area contributed by atoms with Gasteiger partial charge in [0.1, 0.15) is 0 Å². The number of aliphatic hydroxyl groups is 1. The first-order valence-electron chi connectivity index (χ1n) is 9.14. The van der Waals surface area contributed by atoms with Gasteiger partial charge < -0.3 is 9.84 Å². The Morgan fingerprint density at radius 1 is 1.27 bits per heavy atom. The molecule has 9 heteroatoms. The van der Waals surface area contributed by atoms with Crippen LogP contribution in [0.3, 0.4) is 0 Å². The minimum absolute atomic E-state index is 0.101. The molecule has 2 rings (SSSR count). The van der Waals surface area contributed by atoms with E-state index >= 15 is 0 Å². The van der Waals surface area contributed by atoms with Crippen molar-refractivity contribution < 1.29 is 36.4 Å². The predicted molar refractivity (Wildman–Crippen MR) is 90.0 cm³/mol. The predicted octanol–water partition coefficient (Wildman–Crippen LogP) is 3.00. The SMILES string of the molecule is CCCCC1(O)C(C)CC2CC(C(=O)OCC(F)(F)S(=O)(=O)O)CC1C2. The normalized spacial score (nSPS) is 35.2. The molecule has 152 valence electrons. The minimum atomic E-state index is -5.63. The Labute approximate surface area is 153 Å². The molecule has 0 aromatic rings. The van der Waals surface area contributed by atoms with Gasteiger partial charge in [0.05, 0.1) is 11.5 Å². The number of carbonyl (C=O) groups excluding carboxylic acids is 1. The fraction of sp³-hybridized carbons (Fsp3) is 0.941. The molecule has 0 aromatic heterocycles. The van der Waals surface area contributed by atoms with Gasteiger partial charge in [-0.3, -0.25) is 9.35 Å². The number of halogens is 2. The molecule has 0 radical (unpaired) electrons. The Balaban J connectivity index is 2.03. The largest absolute Gasteiger partial charge is 0.458 e. The van der Waals surface area contributed by atoms with Crippen molar-refractivity contribution in [2.75, 3.05) is 6.61 Å². The summed E-state index contributed by atoms with van der Waals surface area (Å²) < 4.78 is 60.7. The summed E-state index contributed by atoms with van der Waals surface area (Å²) in [6, 6.07) is 0. The van der Waals surface area contributed by atoms with Crippen LogP contribution >= 0.6 is 0 Å². The Kier molecular flexibility index (Phi) is 6.35.